The smallest absolute Gasteiger partial charge is 0.253 e. The Morgan fingerprint density at radius 2 is 2.00 bits per heavy atom. The van der Waals surface area contributed by atoms with Gasteiger partial charge in [0.2, 0.25) is 0 Å². The lowest BCUT2D eigenvalue weighted by Crippen LogP contribution is -2.26. The van der Waals surface area contributed by atoms with E-state index in [0.717, 1.165) is 14.9 Å². The molecule has 5 heteroatoms. The number of rotatable bonds is 5. The first-order valence-electron chi connectivity index (χ1n) is 6.45. The van der Waals surface area contributed by atoms with E-state index in [-0.39, 0.29) is 11.2 Å². The van der Waals surface area contributed by atoms with Crippen LogP contribution in [0.3, 0.4) is 0 Å². The van der Waals surface area contributed by atoms with Gasteiger partial charge in [0.25, 0.3) is 5.91 Å². The molecule has 0 saturated carbocycles. The van der Waals surface area contributed by atoms with E-state index in [9.17, 15) is 4.79 Å². The second kappa shape index (κ2) is 8.00. The molecule has 1 amide bonds. The number of carbonyl (C=O) groups is 1. The molecule has 0 aliphatic heterocycles. The van der Waals surface area contributed by atoms with Crippen LogP contribution in [0.5, 0.6) is 0 Å². The molecule has 2 aromatic rings. The van der Waals surface area contributed by atoms with E-state index in [1.807, 2.05) is 61.5 Å². The highest BCUT2D eigenvalue weighted by molar-refractivity contribution is 9.10. The molecule has 0 aliphatic carbocycles. The number of hydrazone groups is 1. The van der Waals surface area contributed by atoms with Crippen LogP contribution in [0.1, 0.15) is 12.5 Å². The van der Waals surface area contributed by atoms with E-state index in [0.29, 0.717) is 0 Å². The Morgan fingerprint density at radius 1 is 1.24 bits per heavy atom. The summed E-state index contributed by atoms with van der Waals surface area (Å²) in [7, 11) is 0. The van der Waals surface area contributed by atoms with Gasteiger partial charge >= 0.3 is 0 Å². The van der Waals surface area contributed by atoms with Gasteiger partial charge < -0.3 is 0 Å². The van der Waals surface area contributed by atoms with Crippen molar-refractivity contribution in [2.75, 3.05) is 0 Å². The Balaban J connectivity index is 1.86. The van der Waals surface area contributed by atoms with Gasteiger partial charge in [-0.25, -0.2) is 5.43 Å². The van der Waals surface area contributed by atoms with Crippen LogP contribution in [-0.4, -0.2) is 17.4 Å². The van der Waals surface area contributed by atoms with Crippen molar-refractivity contribution in [2.45, 2.75) is 17.1 Å². The van der Waals surface area contributed by atoms with Crippen LogP contribution in [0, 0.1) is 0 Å². The van der Waals surface area contributed by atoms with Crippen LogP contribution in [0.4, 0.5) is 0 Å². The second-order valence-electron chi connectivity index (χ2n) is 4.36. The van der Waals surface area contributed by atoms with Gasteiger partial charge in [0.05, 0.1) is 11.5 Å². The number of benzene rings is 2. The number of amides is 1. The lowest BCUT2D eigenvalue weighted by Gasteiger charge is -2.08. The topological polar surface area (TPSA) is 41.5 Å². The molecular formula is C16H15BrN2OS. The van der Waals surface area contributed by atoms with Gasteiger partial charge in [-0.05, 0) is 36.8 Å². The van der Waals surface area contributed by atoms with Crippen molar-refractivity contribution in [2.24, 2.45) is 5.10 Å². The molecule has 0 saturated heterocycles. The fourth-order valence-corrected chi connectivity index (χ4v) is 2.90. The van der Waals surface area contributed by atoms with E-state index in [2.05, 4.69) is 26.5 Å². The van der Waals surface area contributed by atoms with Gasteiger partial charge in [-0.3, -0.25) is 4.79 Å². The normalized spacial score (nSPS) is 12.3. The van der Waals surface area contributed by atoms with Crippen molar-refractivity contribution in [3.8, 4) is 0 Å². The van der Waals surface area contributed by atoms with Crippen LogP contribution in [0.15, 0.2) is 69.1 Å². The minimum atomic E-state index is -0.202. The number of thioether (sulfide) groups is 1. The summed E-state index contributed by atoms with van der Waals surface area (Å²) in [5.74, 6) is -0.116. The second-order valence-corrected chi connectivity index (χ2v) is 6.69. The van der Waals surface area contributed by atoms with Gasteiger partial charge in [0.15, 0.2) is 0 Å². The minimum Gasteiger partial charge on any atom is -0.272 e. The molecule has 2 aromatic carbocycles. The zero-order valence-electron chi connectivity index (χ0n) is 11.5. The molecule has 0 fully saturated rings. The number of nitrogens with zero attached hydrogens (tertiary/aromatic N) is 1. The summed E-state index contributed by atoms with van der Waals surface area (Å²) in [5, 5.41) is 3.78. The molecule has 0 bridgehead atoms. The SMILES string of the molecule is CC(Sc1ccccc1)C(=O)N/N=C/c1cccc(Br)c1. The number of hydrogen-bond acceptors (Lipinski definition) is 3. The van der Waals surface area contributed by atoms with Gasteiger partial charge in [0, 0.05) is 9.37 Å². The van der Waals surface area contributed by atoms with Gasteiger partial charge in [-0.2, -0.15) is 5.10 Å². The Bertz CT molecular complexity index is 631. The molecule has 21 heavy (non-hydrogen) atoms. The summed E-state index contributed by atoms with van der Waals surface area (Å²) >= 11 is 4.90. The predicted octanol–water partition coefficient (Wildman–Crippen LogP) is 4.08. The maximum Gasteiger partial charge on any atom is 0.253 e. The van der Waals surface area contributed by atoms with Gasteiger partial charge in [0.1, 0.15) is 0 Å². The molecule has 3 nitrogen and oxygen atoms in total. The summed E-state index contributed by atoms with van der Waals surface area (Å²) in [6.07, 6.45) is 1.63. The first-order valence-corrected chi connectivity index (χ1v) is 8.12. The zero-order chi connectivity index (χ0) is 15.1. The van der Waals surface area contributed by atoms with Gasteiger partial charge in [-0.15, -0.1) is 11.8 Å². The third-order valence-electron chi connectivity index (χ3n) is 2.66. The number of nitrogens with one attached hydrogen (secondary N) is 1. The summed E-state index contributed by atoms with van der Waals surface area (Å²) in [5.41, 5.74) is 3.49. The van der Waals surface area contributed by atoms with Crippen molar-refractivity contribution in [1.29, 1.82) is 0 Å². The molecule has 0 aromatic heterocycles. The van der Waals surface area contributed by atoms with Gasteiger partial charge in [-0.1, -0.05) is 46.3 Å². The average molecular weight is 363 g/mol. The highest BCUT2D eigenvalue weighted by Gasteiger charge is 2.13. The van der Waals surface area contributed by atoms with Crippen LogP contribution in [-0.2, 0) is 4.79 Å². The van der Waals surface area contributed by atoms with E-state index >= 15 is 0 Å². The standard InChI is InChI=1S/C16H15BrN2OS/c1-12(21-15-8-3-2-4-9-15)16(20)19-18-11-13-6-5-7-14(17)10-13/h2-12H,1H3,(H,19,20)/b18-11+. The van der Waals surface area contributed by atoms with Crippen LogP contribution >= 0.6 is 27.7 Å². The molecule has 2 rings (SSSR count). The lowest BCUT2D eigenvalue weighted by molar-refractivity contribution is -0.120. The molecule has 1 atom stereocenters. The zero-order valence-corrected chi connectivity index (χ0v) is 13.9. The Hall–Kier alpha value is -1.59. The number of carbonyl (C=O) groups excluding carboxylic acids is 1. The average Bonchev–Trinajstić information content (AvgIpc) is 2.48. The fourth-order valence-electron chi connectivity index (χ4n) is 1.60. The van der Waals surface area contributed by atoms with E-state index < -0.39 is 0 Å². The van der Waals surface area contributed by atoms with Crippen molar-refractivity contribution in [1.82, 2.24) is 5.43 Å². The van der Waals surface area contributed by atoms with Crippen LogP contribution < -0.4 is 5.43 Å². The van der Waals surface area contributed by atoms with Crippen molar-refractivity contribution in [3.63, 3.8) is 0 Å². The predicted molar refractivity (Wildman–Crippen MR) is 91.6 cm³/mol. The third kappa shape index (κ3) is 5.36. The minimum absolute atomic E-state index is 0.116. The Labute approximate surface area is 137 Å². The van der Waals surface area contributed by atoms with Crippen molar-refractivity contribution >= 4 is 39.8 Å². The molecule has 1 unspecified atom stereocenters. The summed E-state index contributed by atoms with van der Waals surface area (Å²) in [6.45, 7) is 1.86. The van der Waals surface area contributed by atoms with Crippen molar-refractivity contribution < 1.29 is 4.79 Å². The van der Waals surface area contributed by atoms with Crippen LogP contribution in [0.25, 0.3) is 0 Å². The number of hydrogen-bond donors (Lipinski definition) is 1. The number of halogens is 1. The summed E-state index contributed by atoms with van der Waals surface area (Å²) in [6, 6.07) is 17.5. The molecule has 0 spiro atoms. The molecule has 108 valence electrons. The molecule has 0 radical (unpaired) electrons. The van der Waals surface area contributed by atoms with E-state index in [1.54, 1.807) is 6.21 Å². The summed E-state index contributed by atoms with van der Waals surface area (Å²) < 4.78 is 0.978. The summed E-state index contributed by atoms with van der Waals surface area (Å²) in [4.78, 5) is 13.0. The molecule has 0 aliphatic rings. The largest absolute Gasteiger partial charge is 0.272 e. The Kier molecular flexibility index (Phi) is 6.02. The molecule has 0 heterocycles. The van der Waals surface area contributed by atoms with E-state index in [1.165, 1.54) is 11.8 Å². The highest BCUT2D eigenvalue weighted by Crippen LogP contribution is 2.22. The first-order chi connectivity index (χ1) is 10.1. The van der Waals surface area contributed by atoms with E-state index in [4.69, 9.17) is 0 Å². The lowest BCUT2D eigenvalue weighted by atomic mass is 10.2. The highest BCUT2D eigenvalue weighted by atomic mass is 79.9. The quantitative estimate of drug-likeness (QED) is 0.494. The van der Waals surface area contributed by atoms with Crippen molar-refractivity contribution in [3.05, 3.63) is 64.6 Å². The fraction of sp³-hybridized carbons (Fsp3) is 0.125. The first kappa shape index (κ1) is 15.8. The molecule has 1 N–H and O–H groups in total. The Morgan fingerprint density at radius 3 is 2.71 bits per heavy atom. The molecular weight excluding hydrogens is 348 g/mol. The monoisotopic (exact) mass is 362 g/mol. The maximum atomic E-state index is 11.9. The maximum absolute atomic E-state index is 11.9. The third-order valence-corrected chi connectivity index (χ3v) is 4.27. The van der Waals surface area contributed by atoms with Crippen LogP contribution in [0.2, 0.25) is 0 Å².